The fourth-order valence-electron chi connectivity index (χ4n) is 6.86. The van der Waals surface area contributed by atoms with Crippen LogP contribution in [0.15, 0.2) is 97.1 Å². The lowest BCUT2D eigenvalue weighted by Gasteiger charge is -2.27. The molecule has 9 nitrogen and oxygen atoms in total. The third-order valence-electron chi connectivity index (χ3n) is 10.2. The van der Waals surface area contributed by atoms with Gasteiger partial charge in [0.1, 0.15) is 17.2 Å². The summed E-state index contributed by atoms with van der Waals surface area (Å²) in [6.45, 7) is 10.7. The molecule has 0 radical (unpaired) electrons. The average molecular weight is 775 g/mol. The molecule has 0 saturated heterocycles. The maximum absolute atomic E-state index is 13.0. The number of fused-ring (bicyclic) bond motifs is 1. The number of hydrogen-bond donors (Lipinski definition) is 0. The number of aryl methyl sites for hydroxylation is 1. The van der Waals surface area contributed by atoms with Crippen molar-refractivity contribution in [2.24, 2.45) is 11.8 Å². The van der Waals surface area contributed by atoms with Crippen LogP contribution in [-0.2, 0) is 19.1 Å². The van der Waals surface area contributed by atoms with E-state index in [9.17, 15) is 19.2 Å². The van der Waals surface area contributed by atoms with Gasteiger partial charge in [-0.15, -0.1) is 0 Å². The number of unbranched alkanes of at least 4 members (excludes halogenated alkanes) is 3. The molecule has 0 bridgehead atoms. The van der Waals surface area contributed by atoms with Crippen LogP contribution in [0.3, 0.4) is 0 Å². The van der Waals surface area contributed by atoms with Crippen molar-refractivity contribution >= 4 is 40.7 Å². The van der Waals surface area contributed by atoms with Gasteiger partial charge in [-0.1, -0.05) is 57.4 Å². The van der Waals surface area contributed by atoms with E-state index < -0.39 is 11.9 Å². The average Bonchev–Trinajstić information content (AvgIpc) is 3.21. The topological polar surface area (TPSA) is 114 Å². The second-order valence-corrected chi connectivity index (χ2v) is 14.9. The molecule has 0 atom stereocenters. The summed E-state index contributed by atoms with van der Waals surface area (Å²) in [5, 5.41) is 1.80. The highest BCUT2D eigenvalue weighted by Gasteiger charge is 2.21. The molecule has 0 aliphatic heterocycles. The molecule has 0 N–H and O–H groups in total. The first-order valence-electron chi connectivity index (χ1n) is 20.1. The molecule has 1 fully saturated rings. The molecule has 5 rings (SSSR count). The molecule has 1 saturated carbocycles. The fraction of sp³-hybridized carbons (Fsp3) is 0.375. The largest absolute Gasteiger partial charge is 0.494 e. The molecular weight excluding hydrogens is 721 g/mol. The molecule has 1 aliphatic rings. The normalized spacial score (nSPS) is 15.2. The lowest BCUT2D eigenvalue weighted by Crippen LogP contribution is -2.20. The van der Waals surface area contributed by atoms with Gasteiger partial charge in [0.15, 0.2) is 0 Å². The summed E-state index contributed by atoms with van der Waals surface area (Å²) in [6, 6.07) is 22.5. The Morgan fingerprint density at radius 3 is 2.07 bits per heavy atom. The number of carbonyl (C=O) groups excluding carboxylic acids is 4. The van der Waals surface area contributed by atoms with Crippen LogP contribution >= 0.6 is 0 Å². The molecule has 0 heterocycles. The zero-order valence-electron chi connectivity index (χ0n) is 33.4. The summed E-state index contributed by atoms with van der Waals surface area (Å²) >= 11 is 0. The Labute approximate surface area is 336 Å². The summed E-state index contributed by atoms with van der Waals surface area (Å²) in [7, 11) is 0. The van der Waals surface area contributed by atoms with E-state index in [0.717, 1.165) is 72.1 Å². The highest BCUT2D eigenvalue weighted by molar-refractivity contribution is 5.97. The van der Waals surface area contributed by atoms with Gasteiger partial charge in [0, 0.05) is 11.6 Å². The zero-order chi connectivity index (χ0) is 40.6. The molecule has 57 heavy (non-hydrogen) atoms. The zero-order valence-corrected chi connectivity index (χ0v) is 33.4. The van der Waals surface area contributed by atoms with Crippen molar-refractivity contribution in [2.45, 2.75) is 85.0 Å². The maximum Gasteiger partial charge on any atom is 0.343 e. The van der Waals surface area contributed by atoms with E-state index in [-0.39, 0.29) is 11.9 Å². The van der Waals surface area contributed by atoms with Crippen molar-refractivity contribution in [3.63, 3.8) is 0 Å². The lowest BCUT2D eigenvalue weighted by molar-refractivity contribution is -0.140. The van der Waals surface area contributed by atoms with E-state index >= 15 is 0 Å². The van der Waals surface area contributed by atoms with Crippen LogP contribution in [0.25, 0.3) is 16.8 Å². The van der Waals surface area contributed by atoms with Crippen molar-refractivity contribution in [1.82, 2.24) is 0 Å². The molecular formula is C48H54O9. The molecule has 300 valence electrons. The highest BCUT2D eigenvalue weighted by atomic mass is 16.5. The van der Waals surface area contributed by atoms with Crippen molar-refractivity contribution in [3.8, 4) is 17.2 Å². The molecule has 4 aromatic rings. The van der Waals surface area contributed by atoms with Gasteiger partial charge in [0.05, 0.1) is 30.9 Å². The molecule has 1 aliphatic carbocycles. The first-order chi connectivity index (χ1) is 27.6. The van der Waals surface area contributed by atoms with Crippen LogP contribution in [-0.4, -0.2) is 43.7 Å². The summed E-state index contributed by atoms with van der Waals surface area (Å²) in [5.41, 5.74) is 2.61. The number of benzene rings is 4. The van der Waals surface area contributed by atoms with E-state index in [2.05, 4.69) is 13.5 Å². The minimum absolute atomic E-state index is 0.290. The molecule has 0 aromatic heterocycles. The Morgan fingerprint density at radius 1 is 0.702 bits per heavy atom. The van der Waals surface area contributed by atoms with Crippen LogP contribution in [0.4, 0.5) is 0 Å². The van der Waals surface area contributed by atoms with Crippen molar-refractivity contribution in [1.29, 1.82) is 0 Å². The number of rotatable bonds is 19. The Bertz CT molecular complexity index is 2040. The summed E-state index contributed by atoms with van der Waals surface area (Å²) < 4.78 is 27.8. The summed E-state index contributed by atoms with van der Waals surface area (Å²) in [4.78, 5) is 49.7. The number of ether oxygens (including phenoxy) is 5. The predicted octanol–water partition coefficient (Wildman–Crippen LogP) is 10.8. The van der Waals surface area contributed by atoms with Gasteiger partial charge >= 0.3 is 23.9 Å². The van der Waals surface area contributed by atoms with Crippen LogP contribution < -0.4 is 14.2 Å². The first-order valence-corrected chi connectivity index (χ1v) is 20.1. The number of hydrogen-bond acceptors (Lipinski definition) is 9. The van der Waals surface area contributed by atoms with Gasteiger partial charge in [-0.25, -0.2) is 19.2 Å². The van der Waals surface area contributed by atoms with Crippen LogP contribution in [0.5, 0.6) is 17.2 Å². The monoisotopic (exact) mass is 774 g/mol. The minimum Gasteiger partial charge on any atom is -0.494 e. The molecule has 4 aromatic carbocycles. The van der Waals surface area contributed by atoms with Crippen molar-refractivity contribution in [2.75, 3.05) is 19.8 Å². The maximum atomic E-state index is 13.0. The van der Waals surface area contributed by atoms with E-state index in [1.165, 1.54) is 31.8 Å². The number of esters is 4. The quantitative estimate of drug-likeness (QED) is 0.0397. The fourth-order valence-corrected chi connectivity index (χ4v) is 6.86. The van der Waals surface area contributed by atoms with Gasteiger partial charge in [-0.05, 0) is 153 Å². The van der Waals surface area contributed by atoms with Crippen molar-refractivity contribution in [3.05, 3.63) is 119 Å². The molecule has 0 spiro atoms. The van der Waals surface area contributed by atoms with E-state index in [1.54, 1.807) is 61.5 Å². The van der Waals surface area contributed by atoms with E-state index in [4.69, 9.17) is 23.7 Å². The SMILES string of the molecule is C=C(C)C(=O)OCCCCCCOc1ccc2cc(C(=O)Oc3ccc(C(=O)Oc4ccc(/C=C/C(=O)OCC5CCC(CCC)CC5)cc4C)cc3)ccc2c1. The predicted molar refractivity (Wildman–Crippen MR) is 222 cm³/mol. The highest BCUT2D eigenvalue weighted by Crippen LogP contribution is 2.32. The smallest absolute Gasteiger partial charge is 0.343 e. The van der Waals surface area contributed by atoms with Crippen LogP contribution in [0, 0.1) is 18.8 Å². The number of carbonyl (C=O) groups is 4. The third kappa shape index (κ3) is 13.5. The van der Waals surface area contributed by atoms with Gasteiger partial charge < -0.3 is 23.7 Å². The standard InChI is InChI=1S/C48H54O9/c1-5-10-35-11-13-37(14-12-35)32-55-45(49)26-16-36-15-25-44(34(4)29-36)57-47(51)38-19-22-42(23-20-38)56-48(52)41-18-17-40-31-43(24-21-39(40)30-41)53-27-8-6-7-9-28-54-46(50)33(2)3/h15-26,29-31,35,37H,2,5-14,27-28,32H2,1,3-4H3/b26-16+. The Hall–Kier alpha value is -5.70. The second-order valence-electron chi connectivity index (χ2n) is 14.9. The summed E-state index contributed by atoms with van der Waals surface area (Å²) in [6.07, 6.45) is 13.9. The van der Waals surface area contributed by atoms with E-state index in [1.807, 2.05) is 37.3 Å². The second kappa shape index (κ2) is 21.6. The molecule has 9 heteroatoms. The molecule has 0 amide bonds. The lowest BCUT2D eigenvalue weighted by atomic mass is 9.80. The van der Waals surface area contributed by atoms with Crippen molar-refractivity contribution < 1.29 is 42.9 Å². The van der Waals surface area contributed by atoms with Gasteiger partial charge in [-0.3, -0.25) is 0 Å². The Balaban J connectivity index is 1.03. The Morgan fingerprint density at radius 2 is 1.35 bits per heavy atom. The third-order valence-corrected chi connectivity index (χ3v) is 10.2. The van der Waals surface area contributed by atoms with Crippen LogP contribution in [0.2, 0.25) is 0 Å². The first kappa shape index (κ1) is 42.4. The van der Waals surface area contributed by atoms with Gasteiger partial charge in [-0.2, -0.15) is 0 Å². The molecule has 0 unspecified atom stereocenters. The van der Waals surface area contributed by atoms with Crippen LogP contribution in [0.1, 0.15) is 110 Å². The van der Waals surface area contributed by atoms with Gasteiger partial charge in [0.25, 0.3) is 0 Å². The minimum atomic E-state index is -0.553. The van der Waals surface area contributed by atoms with Gasteiger partial charge in [0.2, 0.25) is 0 Å². The summed E-state index contributed by atoms with van der Waals surface area (Å²) in [5.74, 6) is 0.913. The Kier molecular flexibility index (Phi) is 16.1. The van der Waals surface area contributed by atoms with E-state index in [0.29, 0.717) is 53.9 Å².